The van der Waals surface area contributed by atoms with E-state index in [2.05, 4.69) is 41.9 Å². The number of piperidine rings is 1. The van der Waals surface area contributed by atoms with Gasteiger partial charge in [-0.05, 0) is 67.1 Å². The molecule has 1 saturated heterocycles. The van der Waals surface area contributed by atoms with Crippen LogP contribution in [-0.2, 0) is 18.9 Å². The maximum atomic E-state index is 12.8. The van der Waals surface area contributed by atoms with Crippen molar-refractivity contribution in [3.05, 3.63) is 58.1 Å². The highest BCUT2D eigenvalue weighted by molar-refractivity contribution is 6.00. The Labute approximate surface area is 199 Å². The molecule has 7 heteroatoms. The minimum absolute atomic E-state index is 0.0124. The van der Waals surface area contributed by atoms with Crippen molar-refractivity contribution in [1.29, 1.82) is 0 Å². The third-order valence-corrected chi connectivity index (χ3v) is 7.36. The van der Waals surface area contributed by atoms with Crippen molar-refractivity contribution in [2.45, 2.75) is 38.5 Å². The number of nitrogens with two attached hydrogens (primary N) is 1. The number of nitrogens with one attached hydrogen (secondary N) is 1. The summed E-state index contributed by atoms with van der Waals surface area (Å²) in [6.45, 7) is 6.59. The molecule has 0 radical (unpaired) electrons. The Morgan fingerprint density at radius 2 is 1.85 bits per heavy atom. The maximum absolute atomic E-state index is 12.8. The van der Waals surface area contributed by atoms with Gasteiger partial charge in [0.1, 0.15) is 5.52 Å². The number of carbonyl (C=O) groups excluding carboxylic acids is 1. The van der Waals surface area contributed by atoms with Gasteiger partial charge in [0.25, 0.3) is 5.56 Å². The van der Waals surface area contributed by atoms with Crippen LogP contribution in [0.5, 0.6) is 0 Å². The zero-order chi connectivity index (χ0) is 24.1. The van der Waals surface area contributed by atoms with E-state index in [0.29, 0.717) is 18.4 Å². The number of amides is 1. The fourth-order valence-electron chi connectivity index (χ4n) is 5.64. The van der Waals surface area contributed by atoms with Gasteiger partial charge in [0.2, 0.25) is 5.91 Å². The molecule has 1 fully saturated rings. The molecule has 5 rings (SSSR count). The van der Waals surface area contributed by atoms with Crippen molar-refractivity contribution in [2.24, 2.45) is 19.8 Å². The number of aryl methyl sites for hydroxylation is 2. The summed E-state index contributed by atoms with van der Waals surface area (Å²) in [7, 11) is 3.74. The Kier molecular flexibility index (Phi) is 5.60. The Morgan fingerprint density at radius 1 is 1.12 bits per heavy atom. The lowest BCUT2D eigenvalue weighted by Crippen LogP contribution is -2.39. The average Bonchev–Trinajstić information content (AvgIpc) is 3.37. The summed E-state index contributed by atoms with van der Waals surface area (Å²) in [5.41, 5.74) is 12.0. The highest BCUT2D eigenvalue weighted by Crippen LogP contribution is 2.40. The molecule has 7 nitrogen and oxygen atoms in total. The number of rotatable bonds is 5. The molecule has 1 aliphatic heterocycles. The smallest absolute Gasteiger partial charge is 0.274 e. The van der Waals surface area contributed by atoms with Crippen LogP contribution >= 0.6 is 0 Å². The normalized spacial score (nSPS) is 15.7. The number of likely N-dealkylation sites (tertiary alicyclic amines) is 1. The second kappa shape index (κ2) is 8.47. The van der Waals surface area contributed by atoms with Crippen LogP contribution in [0.1, 0.15) is 49.7 Å². The summed E-state index contributed by atoms with van der Waals surface area (Å²) in [5.74, 6) is 0.532. The molecule has 4 aromatic rings. The van der Waals surface area contributed by atoms with E-state index in [9.17, 15) is 9.59 Å². The van der Waals surface area contributed by atoms with Gasteiger partial charge in [0.15, 0.2) is 0 Å². The first-order valence-electron chi connectivity index (χ1n) is 12.1. The number of fused-ring (bicyclic) bond motifs is 2. The van der Waals surface area contributed by atoms with E-state index in [1.165, 1.54) is 16.5 Å². The molecule has 34 heavy (non-hydrogen) atoms. The van der Waals surface area contributed by atoms with Gasteiger partial charge in [-0.2, -0.15) is 0 Å². The van der Waals surface area contributed by atoms with Crippen molar-refractivity contribution in [2.75, 3.05) is 19.6 Å². The molecule has 1 aliphatic rings. The molecule has 3 aromatic heterocycles. The van der Waals surface area contributed by atoms with Crippen LogP contribution in [0.4, 0.5) is 0 Å². The van der Waals surface area contributed by atoms with Crippen molar-refractivity contribution >= 4 is 27.7 Å². The summed E-state index contributed by atoms with van der Waals surface area (Å²) in [5, 5.41) is 2.22. The van der Waals surface area contributed by atoms with Crippen molar-refractivity contribution < 1.29 is 4.79 Å². The summed E-state index contributed by atoms with van der Waals surface area (Å²) in [6, 6.07) is 8.82. The van der Waals surface area contributed by atoms with E-state index in [4.69, 9.17) is 5.73 Å². The SMILES string of the molecule is CC(C)c1c(-c2cn(C)c(=O)c3c2ccn3C)[nH]c2ccc(C3CCN(CC(N)=O)CC3)cc12. The van der Waals surface area contributed by atoms with Crippen LogP contribution in [0.25, 0.3) is 33.1 Å². The minimum Gasteiger partial charge on any atom is -0.369 e. The number of hydrogen-bond acceptors (Lipinski definition) is 3. The van der Waals surface area contributed by atoms with Gasteiger partial charge in [0, 0.05) is 48.3 Å². The number of aromatic amines is 1. The van der Waals surface area contributed by atoms with Crippen LogP contribution in [0, 0.1) is 0 Å². The van der Waals surface area contributed by atoms with Crippen LogP contribution in [0.15, 0.2) is 41.5 Å². The van der Waals surface area contributed by atoms with Gasteiger partial charge in [-0.15, -0.1) is 0 Å². The van der Waals surface area contributed by atoms with E-state index in [1.807, 2.05) is 37.1 Å². The summed E-state index contributed by atoms with van der Waals surface area (Å²) < 4.78 is 3.58. The van der Waals surface area contributed by atoms with E-state index in [0.717, 1.165) is 53.6 Å². The largest absolute Gasteiger partial charge is 0.369 e. The Morgan fingerprint density at radius 3 is 2.53 bits per heavy atom. The zero-order valence-corrected chi connectivity index (χ0v) is 20.4. The van der Waals surface area contributed by atoms with E-state index < -0.39 is 0 Å². The maximum Gasteiger partial charge on any atom is 0.274 e. The zero-order valence-electron chi connectivity index (χ0n) is 20.4. The van der Waals surface area contributed by atoms with Gasteiger partial charge >= 0.3 is 0 Å². The standard InChI is InChI=1S/C27H33N5O2/c1-16(2)24-20-13-18(17-7-11-32(12-8-17)15-23(28)33)5-6-22(20)29-25(24)21-14-31(4)27(34)26-19(21)9-10-30(26)3/h5-6,9-10,13-14,16-17,29H,7-8,11-12,15H2,1-4H3,(H2,28,33). The fourth-order valence-corrected chi connectivity index (χ4v) is 5.64. The van der Waals surface area contributed by atoms with E-state index in [-0.39, 0.29) is 11.5 Å². The molecule has 1 amide bonds. The number of primary amides is 1. The van der Waals surface area contributed by atoms with Crippen LogP contribution in [0.2, 0.25) is 0 Å². The molecule has 178 valence electrons. The lowest BCUT2D eigenvalue weighted by Gasteiger charge is -2.31. The molecule has 0 saturated carbocycles. The number of pyridine rings is 1. The molecular formula is C27H33N5O2. The fraction of sp³-hybridized carbons (Fsp3) is 0.407. The lowest BCUT2D eigenvalue weighted by atomic mass is 9.87. The number of aromatic nitrogens is 3. The molecule has 4 heterocycles. The third kappa shape index (κ3) is 3.74. The summed E-state index contributed by atoms with van der Waals surface area (Å²) in [4.78, 5) is 29.9. The number of H-pyrrole nitrogens is 1. The number of hydrogen-bond donors (Lipinski definition) is 2. The number of nitrogens with zero attached hydrogens (tertiary/aromatic N) is 3. The molecule has 0 bridgehead atoms. The quantitative estimate of drug-likeness (QED) is 0.476. The van der Waals surface area contributed by atoms with Crippen molar-refractivity contribution in [3.8, 4) is 11.3 Å². The second-order valence-electron chi connectivity index (χ2n) is 10.0. The number of benzene rings is 1. The van der Waals surface area contributed by atoms with Crippen molar-refractivity contribution in [3.63, 3.8) is 0 Å². The molecule has 0 unspecified atom stereocenters. The summed E-state index contributed by atoms with van der Waals surface area (Å²) in [6.07, 6.45) is 5.96. The van der Waals surface area contributed by atoms with E-state index >= 15 is 0 Å². The molecule has 0 spiro atoms. The topological polar surface area (TPSA) is 89.1 Å². The third-order valence-electron chi connectivity index (χ3n) is 7.36. The van der Waals surface area contributed by atoms with Gasteiger partial charge in [0.05, 0.1) is 12.2 Å². The Bertz CT molecular complexity index is 1450. The molecule has 1 aromatic carbocycles. The highest BCUT2D eigenvalue weighted by Gasteiger charge is 2.24. The summed E-state index contributed by atoms with van der Waals surface area (Å²) >= 11 is 0. The second-order valence-corrected chi connectivity index (χ2v) is 10.0. The van der Waals surface area contributed by atoms with Crippen LogP contribution in [0.3, 0.4) is 0 Å². The number of carbonyl (C=O) groups is 1. The lowest BCUT2D eigenvalue weighted by molar-refractivity contribution is -0.119. The first-order chi connectivity index (χ1) is 16.2. The van der Waals surface area contributed by atoms with Crippen LogP contribution in [-0.4, -0.2) is 44.6 Å². The monoisotopic (exact) mass is 459 g/mol. The van der Waals surface area contributed by atoms with Crippen LogP contribution < -0.4 is 11.3 Å². The Hall–Kier alpha value is -3.32. The highest BCUT2D eigenvalue weighted by atomic mass is 16.1. The van der Waals surface area contributed by atoms with Crippen molar-refractivity contribution in [1.82, 2.24) is 19.0 Å². The van der Waals surface area contributed by atoms with E-state index in [1.54, 1.807) is 4.57 Å². The predicted octanol–water partition coefficient (Wildman–Crippen LogP) is 3.81. The Balaban J connectivity index is 1.59. The molecule has 3 N–H and O–H groups in total. The minimum atomic E-state index is -0.257. The van der Waals surface area contributed by atoms with Gasteiger partial charge in [-0.1, -0.05) is 19.9 Å². The first-order valence-corrected chi connectivity index (χ1v) is 12.1. The molecular weight excluding hydrogens is 426 g/mol. The van der Waals surface area contributed by atoms with Gasteiger partial charge in [-0.25, -0.2) is 0 Å². The van der Waals surface area contributed by atoms with Gasteiger partial charge < -0.3 is 19.9 Å². The first kappa shape index (κ1) is 22.5. The van der Waals surface area contributed by atoms with Gasteiger partial charge in [-0.3, -0.25) is 14.5 Å². The predicted molar refractivity (Wildman–Crippen MR) is 137 cm³/mol. The average molecular weight is 460 g/mol. The molecule has 0 atom stereocenters. The molecule has 0 aliphatic carbocycles.